The maximum absolute atomic E-state index is 12.2. The van der Waals surface area contributed by atoms with Crippen molar-refractivity contribution >= 4 is 10.0 Å². The third kappa shape index (κ3) is 4.47. The van der Waals surface area contributed by atoms with Crippen LogP contribution >= 0.6 is 0 Å². The lowest BCUT2D eigenvalue weighted by Gasteiger charge is -2.41. The molecule has 0 aromatic rings. The molecule has 0 saturated carbocycles. The minimum atomic E-state index is -3.28. The predicted octanol–water partition coefficient (Wildman–Crippen LogP) is -0.473. The van der Waals surface area contributed by atoms with E-state index in [4.69, 9.17) is 15.6 Å². The largest absolute Gasteiger partial charge is 0.394 e. The van der Waals surface area contributed by atoms with Crippen molar-refractivity contribution in [3.63, 3.8) is 0 Å². The van der Waals surface area contributed by atoms with Crippen LogP contribution in [-0.4, -0.2) is 61.5 Å². The first-order valence-electron chi connectivity index (χ1n) is 6.27. The average molecular weight is 280 g/mol. The molecule has 1 heterocycles. The molecule has 0 spiro atoms. The van der Waals surface area contributed by atoms with E-state index in [-0.39, 0.29) is 18.9 Å². The Balaban J connectivity index is 2.68. The fourth-order valence-electron chi connectivity index (χ4n) is 2.11. The average Bonchev–Trinajstić information content (AvgIpc) is 2.27. The van der Waals surface area contributed by atoms with Crippen molar-refractivity contribution in [3.8, 4) is 0 Å². The second-order valence-corrected chi connectivity index (χ2v) is 7.37. The number of aliphatic hydroxyl groups excluding tert-OH is 1. The fraction of sp³-hybridized carbons (Fsp3) is 1.00. The SMILES string of the molecule is CC1(C)CN(S(=O)(=O)CCCCN)CC(CO)O1. The van der Waals surface area contributed by atoms with Gasteiger partial charge in [-0.2, -0.15) is 4.31 Å². The molecule has 0 bridgehead atoms. The molecule has 1 aliphatic rings. The lowest BCUT2D eigenvalue weighted by atomic mass is 10.1. The molecule has 18 heavy (non-hydrogen) atoms. The molecule has 1 unspecified atom stereocenters. The normalized spacial score (nSPS) is 25.2. The second-order valence-electron chi connectivity index (χ2n) is 5.29. The van der Waals surface area contributed by atoms with Gasteiger partial charge in [0.25, 0.3) is 0 Å². The molecule has 1 rings (SSSR count). The molecule has 6 nitrogen and oxygen atoms in total. The zero-order chi connectivity index (χ0) is 13.8. The first-order chi connectivity index (χ1) is 8.30. The molecule has 1 aliphatic heterocycles. The first kappa shape index (κ1) is 15.8. The summed E-state index contributed by atoms with van der Waals surface area (Å²) in [4.78, 5) is 0. The van der Waals surface area contributed by atoms with Gasteiger partial charge in [0.2, 0.25) is 10.0 Å². The van der Waals surface area contributed by atoms with E-state index in [1.165, 1.54) is 4.31 Å². The van der Waals surface area contributed by atoms with Gasteiger partial charge in [-0.25, -0.2) is 8.42 Å². The van der Waals surface area contributed by atoms with Gasteiger partial charge in [-0.3, -0.25) is 0 Å². The number of aliphatic hydroxyl groups is 1. The summed E-state index contributed by atoms with van der Waals surface area (Å²) in [7, 11) is -3.28. The molecule has 3 N–H and O–H groups in total. The molecule has 0 radical (unpaired) electrons. The van der Waals surface area contributed by atoms with Crippen molar-refractivity contribution in [1.29, 1.82) is 0 Å². The second kappa shape index (κ2) is 6.29. The van der Waals surface area contributed by atoms with Gasteiger partial charge in [-0.15, -0.1) is 0 Å². The van der Waals surface area contributed by atoms with Crippen molar-refractivity contribution < 1.29 is 18.3 Å². The highest BCUT2D eigenvalue weighted by atomic mass is 32.2. The van der Waals surface area contributed by atoms with Crippen molar-refractivity contribution in [1.82, 2.24) is 4.31 Å². The van der Waals surface area contributed by atoms with Crippen LogP contribution in [0, 0.1) is 0 Å². The number of hydrogen-bond donors (Lipinski definition) is 2. The summed E-state index contributed by atoms with van der Waals surface area (Å²) in [5, 5.41) is 9.16. The van der Waals surface area contributed by atoms with Crippen LogP contribution in [-0.2, 0) is 14.8 Å². The number of ether oxygens (including phenoxy) is 1. The van der Waals surface area contributed by atoms with Crippen molar-refractivity contribution in [2.24, 2.45) is 5.73 Å². The van der Waals surface area contributed by atoms with Crippen molar-refractivity contribution in [2.75, 3.05) is 32.0 Å². The molecule has 1 saturated heterocycles. The Bertz CT molecular complexity index is 356. The van der Waals surface area contributed by atoms with Crippen LogP contribution in [0.15, 0.2) is 0 Å². The first-order valence-corrected chi connectivity index (χ1v) is 7.88. The minimum Gasteiger partial charge on any atom is -0.394 e. The summed E-state index contributed by atoms with van der Waals surface area (Å²) >= 11 is 0. The van der Waals surface area contributed by atoms with E-state index >= 15 is 0 Å². The maximum atomic E-state index is 12.2. The number of rotatable bonds is 6. The zero-order valence-electron chi connectivity index (χ0n) is 11.1. The monoisotopic (exact) mass is 280 g/mol. The van der Waals surface area contributed by atoms with Crippen LogP contribution in [0.25, 0.3) is 0 Å². The molecule has 0 amide bonds. The molecular weight excluding hydrogens is 256 g/mol. The topological polar surface area (TPSA) is 92.9 Å². The van der Waals surface area contributed by atoms with Crippen LogP contribution in [0.3, 0.4) is 0 Å². The Hall–Kier alpha value is -0.210. The van der Waals surface area contributed by atoms with E-state index in [0.717, 1.165) is 0 Å². The third-order valence-corrected chi connectivity index (χ3v) is 4.77. The summed E-state index contributed by atoms with van der Waals surface area (Å²) in [5.74, 6) is 0.110. The molecule has 0 aromatic carbocycles. The summed E-state index contributed by atoms with van der Waals surface area (Å²) in [6, 6.07) is 0. The summed E-state index contributed by atoms with van der Waals surface area (Å²) in [6.07, 6.45) is 0.828. The van der Waals surface area contributed by atoms with Gasteiger partial charge in [0.1, 0.15) is 0 Å². The van der Waals surface area contributed by atoms with Crippen LogP contribution in [0.5, 0.6) is 0 Å². The van der Waals surface area contributed by atoms with E-state index in [0.29, 0.717) is 25.9 Å². The Morgan fingerprint density at radius 3 is 2.67 bits per heavy atom. The van der Waals surface area contributed by atoms with E-state index in [1.807, 2.05) is 13.8 Å². The molecule has 0 aromatic heterocycles. The molecule has 0 aliphatic carbocycles. The smallest absolute Gasteiger partial charge is 0.214 e. The van der Waals surface area contributed by atoms with E-state index in [1.54, 1.807) is 0 Å². The minimum absolute atomic E-state index is 0.110. The predicted molar refractivity (Wildman–Crippen MR) is 69.7 cm³/mol. The maximum Gasteiger partial charge on any atom is 0.214 e. The van der Waals surface area contributed by atoms with E-state index in [2.05, 4.69) is 0 Å². The highest BCUT2D eigenvalue weighted by molar-refractivity contribution is 7.89. The Morgan fingerprint density at radius 2 is 2.11 bits per heavy atom. The van der Waals surface area contributed by atoms with Crippen LogP contribution in [0.4, 0.5) is 0 Å². The Labute approximate surface area is 109 Å². The summed E-state index contributed by atoms with van der Waals surface area (Å²) in [5.41, 5.74) is 4.80. The van der Waals surface area contributed by atoms with E-state index < -0.39 is 21.7 Å². The van der Waals surface area contributed by atoms with E-state index in [9.17, 15) is 8.42 Å². The lowest BCUT2D eigenvalue weighted by molar-refractivity contribution is -0.131. The zero-order valence-corrected chi connectivity index (χ0v) is 11.9. The van der Waals surface area contributed by atoms with Crippen molar-refractivity contribution in [3.05, 3.63) is 0 Å². The van der Waals surface area contributed by atoms with Gasteiger partial charge < -0.3 is 15.6 Å². The number of unbranched alkanes of at least 4 members (excludes halogenated alkanes) is 1. The number of morpholine rings is 1. The number of nitrogens with two attached hydrogens (primary N) is 1. The number of nitrogens with zero attached hydrogens (tertiary/aromatic N) is 1. The standard InChI is InChI=1S/C11H24N2O4S/c1-11(2)9-13(7-10(8-14)17-11)18(15,16)6-4-3-5-12/h10,14H,3-9,12H2,1-2H3. The molecule has 1 atom stereocenters. The number of sulfonamides is 1. The van der Waals surface area contributed by atoms with Gasteiger partial charge in [0.15, 0.2) is 0 Å². The van der Waals surface area contributed by atoms with Crippen molar-refractivity contribution in [2.45, 2.75) is 38.4 Å². The van der Waals surface area contributed by atoms with Gasteiger partial charge in [-0.1, -0.05) is 0 Å². The highest BCUT2D eigenvalue weighted by Gasteiger charge is 2.38. The fourth-order valence-corrected chi connectivity index (χ4v) is 3.84. The lowest BCUT2D eigenvalue weighted by Crippen LogP contribution is -2.55. The van der Waals surface area contributed by atoms with Gasteiger partial charge in [0, 0.05) is 13.1 Å². The Kier molecular flexibility index (Phi) is 5.54. The highest BCUT2D eigenvalue weighted by Crippen LogP contribution is 2.23. The van der Waals surface area contributed by atoms with Crippen LogP contribution in [0.1, 0.15) is 26.7 Å². The summed E-state index contributed by atoms with van der Waals surface area (Å²) in [6.45, 7) is 4.55. The third-order valence-electron chi connectivity index (χ3n) is 2.90. The van der Waals surface area contributed by atoms with Gasteiger partial charge >= 0.3 is 0 Å². The Morgan fingerprint density at radius 1 is 1.44 bits per heavy atom. The molecular formula is C11H24N2O4S. The van der Waals surface area contributed by atoms with Crippen LogP contribution < -0.4 is 5.73 Å². The summed E-state index contributed by atoms with van der Waals surface area (Å²) < 4.78 is 31.3. The van der Waals surface area contributed by atoms with Gasteiger partial charge in [-0.05, 0) is 33.2 Å². The molecule has 7 heteroatoms. The molecule has 108 valence electrons. The molecule has 1 fully saturated rings. The van der Waals surface area contributed by atoms with Crippen LogP contribution in [0.2, 0.25) is 0 Å². The number of hydrogen-bond acceptors (Lipinski definition) is 5. The van der Waals surface area contributed by atoms with Gasteiger partial charge in [0.05, 0.1) is 24.1 Å². The quantitative estimate of drug-likeness (QED) is 0.641.